The molecule has 2 aromatic heterocycles. The van der Waals surface area contributed by atoms with Gasteiger partial charge in [0.15, 0.2) is 11.0 Å². The van der Waals surface area contributed by atoms with Gasteiger partial charge in [0, 0.05) is 34.6 Å². The van der Waals surface area contributed by atoms with E-state index < -0.39 is 15.8 Å². The molecule has 0 saturated carbocycles. The summed E-state index contributed by atoms with van der Waals surface area (Å²) in [4.78, 5) is 13.0. The molecule has 0 atom stereocenters. The van der Waals surface area contributed by atoms with E-state index in [9.17, 15) is 17.6 Å². The summed E-state index contributed by atoms with van der Waals surface area (Å²) >= 11 is 1.14. The van der Waals surface area contributed by atoms with E-state index in [4.69, 9.17) is 4.74 Å². The number of anilines is 1. The Labute approximate surface area is 251 Å². The summed E-state index contributed by atoms with van der Waals surface area (Å²) in [6.07, 6.45) is 1.51. The third kappa shape index (κ3) is 5.62. The van der Waals surface area contributed by atoms with E-state index in [-0.39, 0.29) is 16.6 Å². The fourth-order valence-corrected chi connectivity index (χ4v) is 6.76. The predicted octanol–water partition coefficient (Wildman–Crippen LogP) is 6.00. The van der Waals surface area contributed by atoms with Crippen molar-refractivity contribution < 1.29 is 22.3 Å². The first-order chi connectivity index (χ1) is 20.8. The lowest BCUT2D eigenvalue weighted by Gasteiger charge is -2.10. The number of hydrogen-bond acceptors (Lipinski definition) is 7. The Morgan fingerprint density at radius 1 is 0.930 bits per heavy atom. The van der Waals surface area contributed by atoms with Crippen molar-refractivity contribution in [2.75, 3.05) is 18.2 Å². The standard InChI is InChI=1S/C31H24FN5O4S2/c1-41-24-9-7-8-22(18-24)33-29(38)20-42-31-35-34-30(37(31)23-16-14-21(32)15-17-23)27-19-36(28-13-6-5-12-26(27)28)43(39,40)25-10-3-2-4-11-25/h2-19H,20H2,1H3,(H,33,38). The SMILES string of the molecule is COc1cccc(NC(=O)CSc2nnc(-c3cn(S(=O)(=O)c4ccccc4)c4ccccc34)n2-c2ccc(F)cc2)c1. The summed E-state index contributed by atoms with van der Waals surface area (Å²) in [5.41, 5.74) is 2.08. The molecule has 0 aliphatic heterocycles. The molecule has 9 nitrogen and oxygen atoms in total. The number of aromatic nitrogens is 4. The van der Waals surface area contributed by atoms with Crippen LogP contribution in [0.15, 0.2) is 119 Å². The zero-order valence-corrected chi connectivity index (χ0v) is 24.3. The molecule has 0 radical (unpaired) electrons. The van der Waals surface area contributed by atoms with Crippen LogP contribution in [-0.2, 0) is 14.8 Å². The van der Waals surface area contributed by atoms with Crippen LogP contribution in [0.3, 0.4) is 0 Å². The second-order valence-electron chi connectivity index (χ2n) is 9.36. The van der Waals surface area contributed by atoms with Gasteiger partial charge in [-0.15, -0.1) is 10.2 Å². The van der Waals surface area contributed by atoms with Gasteiger partial charge in [-0.05, 0) is 54.6 Å². The third-order valence-corrected chi connectivity index (χ3v) is 9.24. The van der Waals surface area contributed by atoms with E-state index in [2.05, 4.69) is 15.5 Å². The average molecular weight is 614 g/mol. The lowest BCUT2D eigenvalue weighted by molar-refractivity contribution is -0.113. The highest BCUT2D eigenvalue weighted by molar-refractivity contribution is 7.99. The molecule has 0 aliphatic rings. The largest absolute Gasteiger partial charge is 0.497 e. The molecule has 0 fully saturated rings. The number of fused-ring (bicyclic) bond motifs is 1. The maximum atomic E-state index is 13.9. The second-order valence-corrected chi connectivity index (χ2v) is 12.1. The van der Waals surface area contributed by atoms with Crippen molar-refractivity contribution in [2.45, 2.75) is 10.1 Å². The number of methoxy groups -OCH3 is 1. The van der Waals surface area contributed by atoms with Crippen molar-refractivity contribution in [3.8, 4) is 22.8 Å². The van der Waals surface area contributed by atoms with Crippen molar-refractivity contribution in [2.24, 2.45) is 0 Å². The van der Waals surface area contributed by atoms with Crippen molar-refractivity contribution in [1.29, 1.82) is 0 Å². The number of nitrogens with one attached hydrogen (secondary N) is 1. The summed E-state index contributed by atoms with van der Waals surface area (Å²) in [5.74, 6) is 0.246. The molecule has 0 unspecified atom stereocenters. The van der Waals surface area contributed by atoms with Gasteiger partial charge in [0.2, 0.25) is 5.91 Å². The number of hydrogen-bond donors (Lipinski definition) is 1. The first kappa shape index (κ1) is 28.2. The Balaban J connectivity index is 1.41. The topological polar surface area (TPSA) is 108 Å². The lowest BCUT2D eigenvalue weighted by atomic mass is 10.1. The minimum Gasteiger partial charge on any atom is -0.497 e. The Bertz CT molecular complexity index is 2040. The quantitative estimate of drug-likeness (QED) is 0.199. The van der Waals surface area contributed by atoms with Crippen molar-refractivity contribution >= 4 is 44.3 Å². The minimum atomic E-state index is -3.94. The molecule has 0 saturated heterocycles. The fraction of sp³-hybridized carbons (Fsp3) is 0.0645. The van der Waals surface area contributed by atoms with Crippen LogP contribution in [-0.4, -0.2) is 45.9 Å². The van der Waals surface area contributed by atoms with Crippen LogP contribution in [0.25, 0.3) is 28.0 Å². The van der Waals surface area contributed by atoms with E-state index in [1.54, 1.807) is 84.5 Å². The van der Waals surface area contributed by atoms with Crippen LogP contribution in [0.5, 0.6) is 5.75 Å². The maximum absolute atomic E-state index is 13.9. The molecular formula is C31H24FN5O4S2. The third-order valence-electron chi connectivity index (χ3n) is 6.62. The highest BCUT2D eigenvalue weighted by Crippen LogP contribution is 2.35. The molecule has 2 heterocycles. The van der Waals surface area contributed by atoms with E-state index in [1.165, 1.54) is 34.4 Å². The highest BCUT2D eigenvalue weighted by atomic mass is 32.2. The van der Waals surface area contributed by atoms with Gasteiger partial charge in [-0.3, -0.25) is 9.36 Å². The first-order valence-electron chi connectivity index (χ1n) is 13.0. The predicted molar refractivity (Wildman–Crippen MR) is 164 cm³/mol. The van der Waals surface area contributed by atoms with E-state index in [0.717, 1.165) is 11.8 Å². The molecule has 0 bridgehead atoms. The molecule has 1 N–H and O–H groups in total. The van der Waals surface area contributed by atoms with E-state index in [1.807, 2.05) is 6.07 Å². The number of rotatable bonds is 9. The smallest absolute Gasteiger partial charge is 0.268 e. The molecule has 4 aromatic carbocycles. The normalized spacial score (nSPS) is 11.5. The minimum absolute atomic E-state index is 0.000678. The summed E-state index contributed by atoms with van der Waals surface area (Å²) < 4.78 is 49.4. The van der Waals surface area contributed by atoms with Gasteiger partial charge in [0.1, 0.15) is 11.6 Å². The second kappa shape index (κ2) is 11.7. The first-order valence-corrected chi connectivity index (χ1v) is 15.5. The summed E-state index contributed by atoms with van der Waals surface area (Å²) in [6, 6.07) is 28.0. The van der Waals surface area contributed by atoms with Crippen LogP contribution in [0.2, 0.25) is 0 Å². The number of ether oxygens (including phenoxy) is 1. The van der Waals surface area contributed by atoms with Crippen LogP contribution < -0.4 is 10.1 Å². The van der Waals surface area contributed by atoms with Gasteiger partial charge in [-0.25, -0.2) is 16.8 Å². The Morgan fingerprint density at radius 2 is 1.67 bits per heavy atom. The number of benzene rings is 4. The Kier molecular flexibility index (Phi) is 7.70. The number of carbonyl (C=O) groups is 1. The summed E-state index contributed by atoms with van der Waals surface area (Å²) in [7, 11) is -2.40. The molecule has 0 aliphatic carbocycles. The van der Waals surface area contributed by atoms with Crippen molar-refractivity contribution in [3.63, 3.8) is 0 Å². The van der Waals surface area contributed by atoms with Gasteiger partial charge in [-0.2, -0.15) is 0 Å². The molecule has 216 valence electrons. The van der Waals surface area contributed by atoms with Gasteiger partial charge in [-0.1, -0.05) is 54.2 Å². The number of thioether (sulfide) groups is 1. The van der Waals surface area contributed by atoms with Crippen LogP contribution in [0.4, 0.5) is 10.1 Å². The maximum Gasteiger partial charge on any atom is 0.268 e. The van der Waals surface area contributed by atoms with Crippen LogP contribution in [0.1, 0.15) is 0 Å². The monoisotopic (exact) mass is 613 g/mol. The lowest BCUT2D eigenvalue weighted by Crippen LogP contribution is -2.14. The van der Waals surface area contributed by atoms with Crippen LogP contribution >= 0.6 is 11.8 Å². The van der Waals surface area contributed by atoms with Crippen molar-refractivity contribution in [1.82, 2.24) is 18.7 Å². The average Bonchev–Trinajstić information content (AvgIpc) is 3.63. The number of carbonyl (C=O) groups excluding carboxylic acids is 1. The molecule has 6 rings (SSSR count). The Hall–Kier alpha value is -4.94. The van der Waals surface area contributed by atoms with Crippen molar-refractivity contribution in [3.05, 3.63) is 115 Å². The van der Waals surface area contributed by atoms with Gasteiger partial charge in [0.05, 0.1) is 23.3 Å². The van der Waals surface area contributed by atoms with E-state index in [0.29, 0.717) is 44.6 Å². The Morgan fingerprint density at radius 3 is 2.44 bits per heavy atom. The van der Waals surface area contributed by atoms with Gasteiger partial charge in [0.25, 0.3) is 10.0 Å². The molecular weight excluding hydrogens is 590 g/mol. The van der Waals surface area contributed by atoms with Gasteiger partial charge < -0.3 is 10.1 Å². The van der Waals surface area contributed by atoms with Crippen LogP contribution in [0, 0.1) is 5.82 Å². The number of halogens is 1. The molecule has 12 heteroatoms. The fourth-order valence-electron chi connectivity index (χ4n) is 4.62. The highest BCUT2D eigenvalue weighted by Gasteiger charge is 2.25. The molecule has 6 aromatic rings. The number of amides is 1. The van der Waals surface area contributed by atoms with Gasteiger partial charge >= 0.3 is 0 Å². The number of para-hydroxylation sites is 1. The summed E-state index contributed by atoms with van der Waals surface area (Å²) in [6.45, 7) is 0. The molecule has 0 spiro atoms. The number of nitrogens with zero attached hydrogens (tertiary/aromatic N) is 4. The molecule has 43 heavy (non-hydrogen) atoms. The zero-order chi connectivity index (χ0) is 30.0. The summed E-state index contributed by atoms with van der Waals surface area (Å²) in [5, 5.41) is 12.6. The van der Waals surface area contributed by atoms with E-state index >= 15 is 0 Å². The zero-order valence-electron chi connectivity index (χ0n) is 22.7. The molecule has 1 amide bonds.